The fourth-order valence-electron chi connectivity index (χ4n) is 3.70. The van der Waals surface area contributed by atoms with Crippen LogP contribution in [0, 0.1) is 0 Å². The third-order valence-corrected chi connectivity index (χ3v) is 5.08. The quantitative estimate of drug-likeness (QED) is 0.926. The summed E-state index contributed by atoms with van der Waals surface area (Å²) in [5.41, 5.74) is 2.20. The van der Waals surface area contributed by atoms with Gasteiger partial charge in [-0.2, -0.15) is 0 Å². The number of anilines is 1. The molecule has 1 saturated heterocycles. The van der Waals surface area contributed by atoms with Crippen molar-refractivity contribution in [3.8, 4) is 5.75 Å². The fourth-order valence-corrected chi connectivity index (χ4v) is 3.70. The molecule has 25 heavy (non-hydrogen) atoms. The standard InChI is InChI=1S/C20H25N3O2/c1-15-12-17-13-16(5-6-19(17)25-15)18(24)14-22-8-10-23(11-9-22)20-4-2-3-7-21-20/h2-7,13,15,18,24H,8-12,14H2,1H3/t15-,18-/m1/s1. The number of aromatic nitrogens is 1. The Balaban J connectivity index is 1.33. The monoisotopic (exact) mass is 339 g/mol. The lowest BCUT2D eigenvalue weighted by Gasteiger charge is -2.36. The third kappa shape index (κ3) is 3.62. The summed E-state index contributed by atoms with van der Waals surface area (Å²) in [5, 5.41) is 10.6. The third-order valence-electron chi connectivity index (χ3n) is 5.08. The van der Waals surface area contributed by atoms with Gasteiger partial charge in [0.25, 0.3) is 0 Å². The van der Waals surface area contributed by atoms with E-state index in [-0.39, 0.29) is 6.10 Å². The number of aliphatic hydroxyl groups excluding tert-OH is 1. The predicted molar refractivity (Wildman–Crippen MR) is 98.1 cm³/mol. The lowest BCUT2D eigenvalue weighted by Crippen LogP contribution is -2.47. The molecule has 0 saturated carbocycles. The van der Waals surface area contributed by atoms with E-state index in [1.807, 2.05) is 30.5 Å². The number of fused-ring (bicyclic) bond motifs is 1. The summed E-state index contributed by atoms with van der Waals surface area (Å²) in [7, 11) is 0. The molecule has 0 spiro atoms. The summed E-state index contributed by atoms with van der Waals surface area (Å²) in [6.07, 6.45) is 2.55. The first-order valence-corrected chi connectivity index (χ1v) is 9.05. The van der Waals surface area contributed by atoms with Crippen LogP contribution >= 0.6 is 0 Å². The van der Waals surface area contributed by atoms with E-state index in [9.17, 15) is 5.11 Å². The molecule has 0 bridgehead atoms. The normalized spacial score (nSPS) is 21.7. The molecular weight excluding hydrogens is 314 g/mol. The number of hydrogen-bond acceptors (Lipinski definition) is 5. The highest BCUT2D eigenvalue weighted by Crippen LogP contribution is 2.31. The largest absolute Gasteiger partial charge is 0.490 e. The van der Waals surface area contributed by atoms with Gasteiger partial charge < -0.3 is 14.7 Å². The van der Waals surface area contributed by atoms with E-state index in [0.29, 0.717) is 6.54 Å². The summed E-state index contributed by atoms with van der Waals surface area (Å²) >= 11 is 0. The second kappa shape index (κ2) is 7.02. The number of nitrogens with zero attached hydrogens (tertiary/aromatic N) is 3. The molecule has 0 unspecified atom stereocenters. The number of rotatable bonds is 4. The number of benzene rings is 1. The molecule has 132 valence electrons. The molecule has 5 heteroatoms. The average molecular weight is 339 g/mol. The molecule has 1 aromatic heterocycles. The molecule has 4 rings (SSSR count). The smallest absolute Gasteiger partial charge is 0.128 e. The van der Waals surface area contributed by atoms with E-state index < -0.39 is 6.10 Å². The average Bonchev–Trinajstić information content (AvgIpc) is 3.02. The van der Waals surface area contributed by atoms with Gasteiger partial charge in [-0.25, -0.2) is 4.98 Å². The van der Waals surface area contributed by atoms with E-state index >= 15 is 0 Å². The van der Waals surface area contributed by atoms with Crippen molar-refractivity contribution >= 4 is 5.82 Å². The van der Waals surface area contributed by atoms with Crippen LogP contribution in [0.15, 0.2) is 42.6 Å². The van der Waals surface area contributed by atoms with Crippen LogP contribution < -0.4 is 9.64 Å². The minimum absolute atomic E-state index is 0.238. The lowest BCUT2D eigenvalue weighted by atomic mass is 10.0. The molecule has 2 aliphatic rings. The van der Waals surface area contributed by atoms with Gasteiger partial charge in [0.15, 0.2) is 0 Å². The number of hydrogen-bond donors (Lipinski definition) is 1. The second-order valence-electron chi connectivity index (χ2n) is 6.99. The summed E-state index contributed by atoms with van der Waals surface area (Å²) in [5.74, 6) is 2.00. The second-order valence-corrected chi connectivity index (χ2v) is 6.99. The lowest BCUT2D eigenvalue weighted by molar-refractivity contribution is 0.109. The van der Waals surface area contributed by atoms with Crippen LogP contribution in [0.25, 0.3) is 0 Å². The van der Waals surface area contributed by atoms with Crippen LogP contribution in [0.4, 0.5) is 5.82 Å². The van der Waals surface area contributed by atoms with Crippen molar-refractivity contribution in [1.29, 1.82) is 0 Å². The van der Waals surface area contributed by atoms with Crippen LogP contribution in [0.5, 0.6) is 5.75 Å². The Morgan fingerprint density at radius 2 is 2.04 bits per heavy atom. The number of piperazine rings is 1. The van der Waals surface area contributed by atoms with E-state index in [4.69, 9.17) is 4.74 Å². The summed E-state index contributed by atoms with van der Waals surface area (Å²) < 4.78 is 5.74. The SMILES string of the molecule is C[C@@H]1Cc2cc([C@H](O)CN3CCN(c4ccccn4)CC3)ccc2O1. The molecule has 5 nitrogen and oxygen atoms in total. The van der Waals surface area contributed by atoms with Crippen molar-refractivity contribution in [3.63, 3.8) is 0 Å². The molecule has 2 aromatic rings. The number of β-amino-alcohol motifs (C(OH)–C–C–N with tert-alkyl or cyclic N) is 1. The van der Waals surface area contributed by atoms with Gasteiger partial charge in [-0.1, -0.05) is 12.1 Å². The Morgan fingerprint density at radius 3 is 2.80 bits per heavy atom. The number of ether oxygens (including phenoxy) is 1. The molecule has 0 amide bonds. The fraction of sp³-hybridized carbons (Fsp3) is 0.450. The summed E-state index contributed by atoms with van der Waals surface area (Å²) in [6.45, 7) is 6.53. The van der Waals surface area contributed by atoms with E-state index in [1.165, 1.54) is 5.56 Å². The Bertz CT molecular complexity index is 714. The van der Waals surface area contributed by atoms with E-state index in [0.717, 1.165) is 49.7 Å². The first kappa shape index (κ1) is 16.4. The first-order valence-electron chi connectivity index (χ1n) is 9.05. The summed E-state index contributed by atoms with van der Waals surface area (Å²) in [4.78, 5) is 9.05. The van der Waals surface area contributed by atoms with Crippen LogP contribution in [-0.4, -0.2) is 53.8 Å². The molecule has 0 aliphatic carbocycles. The Kier molecular flexibility index (Phi) is 4.59. The molecular formula is C20H25N3O2. The van der Waals surface area contributed by atoms with Crippen LogP contribution in [0.3, 0.4) is 0 Å². The maximum atomic E-state index is 10.6. The van der Waals surface area contributed by atoms with Crippen molar-refractivity contribution in [2.75, 3.05) is 37.6 Å². The maximum Gasteiger partial charge on any atom is 0.128 e. The molecule has 1 aromatic carbocycles. The van der Waals surface area contributed by atoms with Gasteiger partial charge in [0.2, 0.25) is 0 Å². The maximum absolute atomic E-state index is 10.6. The van der Waals surface area contributed by atoms with E-state index in [2.05, 4.69) is 33.8 Å². The zero-order chi connectivity index (χ0) is 17.2. The highest BCUT2D eigenvalue weighted by Gasteiger charge is 2.23. The molecule has 1 N–H and O–H groups in total. The zero-order valence-corrected chi connectivity index (χ0v) is 14.6. The Labute approximate surface area is 148 Å². The van der Waals surface area contributed by atoms with Crippen LogP contribution in [0.2, 0.25) is 0 Å². The van der Waals surface area contributed by atoms with Gasteiger partial charge in [0.05, 0.1) is 6.10 Å². The van der Waals surface area contributed by atoms with Crippen molar-refractivity contribution < 1.29 is 9.84 Å². The van der Waals surface area contributed by atoms with Gasteiger partial charge >= 0.3 is 0 Å². The van der Waals surface area contributed by atoms with Crippen LogP contribution in [-0.2, 0) is 6.42 Å². The number of aliphatic hydroxyl groups is 1. The van der Waals surface area contributed by atoms with Crippen molar-refractivity contribution in [3.05, 3.63) is 53.7 Å². The van der Waals surface area contributed by atoms with Gasteiger partial charge in [0, 0.05) is 45.3 Å². The highest BCUT2D eigenvalue weighted by atomic mass is 16.5. The Hall–Kier alpha value is -2.11. The molecule has 3 heterocycles. The molecule has 2 atom stereocenters. The molecule has 2 aliphatic heterocycles. The van der Waals surface area contributed by atoms with Gasteiger partial charge in [-0.3, -0.25) is 4.90 Å². The predicted octanol–water partition coefficient (Wildman–Crippen LogP) is 2.26. The first-order chi connectivity index (χ1) is 12.2. The minimum Gasteiger partial charge on any atom is -0.490 e. The molecule has 1 fully saturated rings. The Morgan fingerprint density at radius 1 is 1.20 bits per heavy atom. The molecule has 0 radical (unpaired) electrons. The van der Waals surface area contributed by atoms with Gasteiger partial charge in [0.1, 0.15) is 17.7 Å². The zero-order valence-electron chi connectivity index (χ0n) is 14.6. The van der Waals surface area contributed by atoms with Crippen molar-refractivity contribution in [2.45, 2.75) is 25.6 Å². The topological polar surface area (TPSA) is 48.8 Å². The van der Waals surface area contributed by atoms with Crippen molar-refractivity contribution in [2.24, 2.45) is 0 Å². The van der Waals surface area contributed by atoms with Gasteiger partial charge in [-0.05, 0) is 42.3 Å². The number of pyridine rings is 1. The summed E-state index contributed by atoms with van der Waals surface area (Å²) in [6, 6.07) is 12.1. The van der Waals surface area contributed by atoms with E-state index in [1.54, 1.807) is 0 Å². The van der Waals surface area contributed by atoms with Crippen LogP contribution in [0.1, 0.15) is 24.2 Å². The van der Waals surface area contributed by atoms with Crippen molar-refractivity contribution in [1.82, 2.24) is 9.88 Å². The minimum atomic E-state index is -0.456. The highest BCUT2D eigenvalue weighted by molar-refractivity contribution is 5.41. The van der Waals surface area contributed by atoms with Gasteiger partial charge in [-0.15, -0.1) is 0 Å².